The molecule has 0 fully saturated rings. The molecule has 0 aliphatic heterocycles. The minimum atomic E-state index is -0.112. The third-order valence-electron chi connectivity index (χ3n) is 1.93. The first kappa shape index (κ1) is 11.0. The van der Waals surface area contributed by atoms with Crippen molar-refractivity contribution >= 4 is 15.9 Å². The van der Waals surface area contributed by atoms with Gasteiger partial charge in [-0.2, -0.15) is 0 Å². The predicted octanol–water partition coefficient (Wildman–Crippen LogP) is 2.84. The smallest absolute Gasteiger partial charge is 0.0501 e. The number of halogens is 1. The molecule has 0 heterocycles. The molecule has 1 atom stereocenters. The van der Waals surface area contributed by atoms with Crippen molar-refractivity contribution in [2.75, 3.05) is 13.2 Å². The van der Waals surface area contributed by atoms with Crippen molar-refractivity contribution in [3.63, 3.8) is 0 Å². The highest BCUT2D eigenvalue weighted by atomic mass is 79.9. The first-order chi connectivity index (χ1) is 6.77. The number of benzene rings is 1. The largest absolute Gasteiger partial charge is 0.396 e. The molecule has 0 unspecified atom stereocenters. The molecule has 74 valence electrons. The van der Waals surface area contributed by atoms with Gasteiger partial charge in [0.25, 0.3) is 0 Å². The van der Waals surface area contributed by atoms with Crippen LogP contribution in [0.3, 0.4) is 0 Å². The summed E-state index contributed by atoms with van der Waals surface area (Å²) in [4.78, 5) is 2.67. The molecule has 0 amide bonds. The lowest BCUT2D eigenvalue weighted by molar-refractivity contribution is 0.268. The van der Waals surface area contributed by atoms with Gasteiger partial charge in [0.2, 0.25) is 0 Å². The summed E-state index contributed by atoms with van der Waals surface area (Å²) in [6.07, 6.45) is 0. The molecular formula is C9H10BrN3O. The van der Waals surface area contributed by atoms with E-state index >= 15 is 0 Å². The third kappa shape index (κ3) is 3.03. The Morgan fingerprint density at radius 3 is 2.57 bits per heavy atom. The summed E-state index contributed by atoms with van der Waals surface area (Å²) in [7, 11) is 0. The molecule has 0 aliphatic carbocycles. The van der Waals surface area contributed by atoms with Crippen LogP contribution in [0, 0.1) is 0 Å². The van der Waals surface area contributed by atoms with Crippen molar-refractivity contribution in [2.45, 2.75) is 5.92 Å². The van der Waals surface area contributed by atoms with Gasteiger partial charge in [0.1, 0.15) is 0 Å². The Labute approximate surface area is 90.3 Å². The molecule has 0 radical (unpaired) electrons. The Hall–Kier alpha value is -1.03. The van der Waals surface area contributed by atoms with Gasteiger partial charge in [0.15, 0.2) is 0 Å². The van der Waals surface area contributed by atoms with Crippen molar-refractivity contribution < 1.29 is 5.11 Å². The maximum Gasteiger partial charge on any atom is 0.0501 e. The van der Waals surface area contributed by atoms with Crippen LogP contribution in [0.5, 0.6) is 0 Å². The molecular weight excluding hydrogens is 246 g/mol. The second kappa shape index (κ2) is 5.65. The molecule has 0 spiro atoms. The second-order valence-electron chi connectivity index (χ2n) is 2.84. The average Bonchev–Trinajstić information content (AvgIpc) is 2.21. The molecule has 1 aromatic rings. The van der Waals surface area contributed by atoms with Gasteiger partial charge < -0.3 is 5.11 Å². The third-order valence-corrected chi connectivity index (χ3v) is 2.46. The van der Waals surface area contributed by atoms with Gasteiger partial charge >= 0.3 is 0 Å². The lowest BCUT2D eigenvalue weighted by Crippen LogP contribution is -2.07. The number of aliphatic hydroxyl groups excluding tert-OH is 1. The minimum absolute atomic E-state index is 0.0132. The maximum absolute atomic E-state index is 9.08. The van der Waals surface area contributed by atoms with Gasteiger partial charge in [0, 0.05) is 21.8 Å². The summed E-state index contributed by atoms with van der Waals surface area (Å²) in [5.74, 6) is -0.112. The van der Waals surface area contributed by atoms with Crippen molar-refractivity contribution in [1.82, 2.24) is 0 Å². The van der Waals surface area contributed by atoms with Gasteiger partial charge in [-0.1, -0.05) is 33.2 Å². The van der Waals surface area contributed by atoms with Crippen LogP contribution in [0.2, 0.25) is 0 Å². The summed E-state index contributed by atoms with van der Waals surface area (Å²) >= 11 is 3.32. The quantitative estimate of drug-likeness (QED) is 0.502. The normalized spacial score (nSPS) is 11.9. The highest BCUT2D eigenvalue weighted by Crippen LogP contribution is 2.18. The standard InChI is InChI=1S/C9H10BrN3O/c10-9-3-1-7(2-4-9)8(6-14)5-12-13-11/h1-4,8,14H,5-6H2/t8-/m1/s1. The molecule has 14 heavy (non-hydrogen) atoms. The monoisotopic (exact) mass is 255 g/mol. The Morgan fingerprint density at radius 1 is 1.43 bits per heavy atom. The lowest BCUT2D eigenvalue weighted by Gasteiger charge is -2.11. The second-order valence-corrected chi connectivity index (χ2v) is 3.76. The fourth-order valence-electron chi connectivity index (χ4n) is 1.14. The number of hydrogen-bond donors (Lipinski definition) is 1. The number of rotatable bonds is 4. The topological polar surface area (TPSA) is 69.0 Å². The van der Waals surface area contributed by atoms with E-state index in [1.807, 2.05) is 24.3 Å². The molecule has 0 aliphatic rings. The van der Waals surface area contributed by atoms with Gasteiger partial charge in [-0.05, 0) is 23.2 Å². The van der Waals surface area contributed by atoms with E-state index in [-0.39, 0.29) is 19.1 Å². The first-order valence-corrected chi connectivity index (χ1v) is 4.94. The molecule has 0 saturated carbocycles. The molecule has 0 saturated heterocycles. The molecule has 4 nitrogen and oxygen atoms in total. The van der Waals surface area contributed by atoms with E-state index in [1.54, 1.807) is 0 Å². The van der Waals surface area contributed by atoms with Crippen LogP contribution in [0.1, 0.15) is 11.5 Å². The first-order valence-electron chi connectivity index (χ1n) is 4.15. The zero-order valence-electron chi connectivity index (χ0n) is 7.47. The zero-order chi connectivity index (χ0) is 10.4. The fourth-order valence-corrected chi connectivity index (χ4v) is 1.40. The lowest BCUT2D eigenvalue weighted by atomic mass is 10.0. The molecule has 1 aromatic carbocycles. The van der Waals surface area contributed by atoms with Gasteiger partial charge in [-0.15, -0.1) is 0 Å². The Balaban J connectivity index is 2.78. The van der Waals surface area contributed by atoms with Crippen molar-refractivity contribution in [1.29, 1.82) is 0 Å². The van der Waals surface area contributed by atoms with E-state index in [0.29, 0.717) is 0 Å². The van der Waals surface area contributed by atoms with E-state index in [2.05, 4.69) is 26.0 Å². The Kier molecular flexibility index (Phi) is 4.46. The summed E-state index contributed by atoms with van der Waals surface area (Å²) in [6, 6.07) is 7.60. The van der Waals surface area contributed by atoms with Gasteiger partial charge in [0.05, 0.1) is 6.61 Å². The van der Waals surface area contributed by atoms with Gasteiger partial charge in [-0.25, -0.2) is 0 Å². The SMILES string of the molecule is [N-]=[N+]=NC[C@H](CO)c1ccc(Br)cc1. The molecule has 0 bridgehead atoms. The Bertz CT molecular complexity index is 332. The molecule has 5 heteroatoms. The number of hydrogen-bond acceptors (Lipinski definition) is 2. The van der Waals surface area contributed by atoms with Crippen LogP contribution >= 0.6 is 15.9 Å². The highest BCUT2D eigenvalue weighted by Gasteiger charge is 2.08. The molecule has 0 aromatic heterocycles. The summed E-state index contributed by atoms with van der Waals surface area (Å²) in [6.45, 7) is 0.273. The number of nitrogens with zero attached hydrogens (tertiary/aromatic N) is 3. The van der Waals surface area contributed by atoms with Crippen LogP contribution in [-0.2, 0) is 0 Å². The average molecular weight is 256 g/mol. The maximum atomic E-state index is 9.08. The summed E-state index contributed by atoms with van der Waals surface area (Å²) in [5, 5.41) is 12.5. The van der Waals surface area contributed by atoms with E-state index < -0.39 is 0 Å². The van der Waals surface area contributed by atoms with Crippen LogP contribution in [0.25, 0.3) is 10.4 Å². The van der Waals surface area contributed by atoms with Crippen LogP contribution in [0.4, 0.5) is 0 Å². The van der Waals surface area contributed by atoms with Crippen LogP contribution in [0.15, 0.2) is 33.9 Å². The van der Waals surface area contributed by atoms with E-state index in [9.17, 15) is 0 Å². The zero-order valence-corrected chi connectivity index (χ0v) is 9.05. The summed E-state index contributed by atoms with van der Waals surface area (Å²) < 4.78 is 0.988. The van der Waals surface area contributed by atoms with E-state index in [4.69, 9.17) is 10.6 Å². The highest BCUT2D eigenvalue weighted by molar-refractivity contribution is 9.10. The molecule has 1 rings (SSSR count). The van der Waals surface area contributed by atoms with Crippen molar-refractivity contribution in [3.8, 4) is 0 Å². The van der Waals surface area contributed by atoms with Gasteiger partial charge in [-0.3, -0.25) is 0 Å². The van der Waals surface area contributed by atoms with Crippen molar-refractivity contribution in [2.24, 2.45) is 5.11 Å². The Morgan fingerprint density at radius 2 is 2.07 bits per heavy atom. The van der Waals surface area contributed by atoms with Crippen LogP contribution in [-0.4, -0.2) is 18.3 Å². The predicted molar refractivity (Wildman–Crippen MR) is 58.0 cm³/mol. The fraction of sp³-hybridized carbons (Fsp3) is 0.333. The minimum Gasteiger partial charge on any atom is -0.396 e. The summed E-state index contributed by atoms with van der Waals surface area (Å²) in [5.41, 5.74) is 9.15. The van der Waals surface area contributed by atoms with Crippen molar-refractivity contribution in [3.05, 3.63) is 44.7 Å². The van der Waals surface area contributed by atoms with Crippen LogP contribution < -0.4 is 0 Å². The van der Waals surface area contributed by atoms with E-state index in [1.165, 1.54) is 0 Å². The molecule has 1 N–H and O–H groups in total. The number of aliphatic hydroxyl groups is 1. The van der Waals surface area contributed by atoms with E-state index in [0.717, 1.165) is 10.0 Å². The number of azide groups is 1.